The van der Waals surface area contributed by atoms with Crippen molar-refractivity contribution in [2.45, 2.75) is 26.1 Å². The Bertz CT molecular complexity index is 608. The highest BCUT2D eigenvalue weighted by Crippen LogP contribution is 2.31. The highest BCUT2D eigenvalue weighted by atomic mass is 79.9. The van der Waals surface area contributed by atoms with Gasteiger partial charge in [0, 0.05) is 41.7 Å². The van der Waals surface area contributed by atoms with Crippen LogP contribution < -0.4 is 10.2 Å². The van der Waals surface area contributed by atoms with E-state index in [4.69, 9.17) is 0 Å². The van der Waals surface area contributed by atoms with Gasteiger partial charge in [0.15, 0.2) is 0 Å². The second-order valence-electron chi connectivity index (χ2n) is 5.17. The number of benzene rings is 1. The molecule has 1 N–H and O–H groups in total. The van der Waals surface area contributed by atoms with Gasteiger partial charge in [0.05, 0.1) is 6.54 Å². The van der Waals surface area contributed by atoms with E-state index in [9.17, 15) is 0 Å². The topological polar surface area (TPSA) is 33.1 Å². The number of hydrogen-bond acceptors (Lipinski definition) is 3. The molecule has 2 aromatic rings. The Morgan fingerprint density at radius 2 is 2.20 bits per heavy atom. The van der Waals surface area contributed by atoms with Gasteiger partial charge in [-0.25, -0.2) is 4.98 Å². The van der Waals surface area contributed by atoms with Gasteiger partial charge >= 0.3 is 0 Å². The second-order valence-corrected chi connectivity index (χ2v) is 6.09. The molecule has 0 aliphatic carbocycles. The van der Waals surface area contributed by atoms with E-state index in [1.54, 1.807) is 0 Å². The summed E-state index contributed by atoms with van der Waals surface area (Å²) in [5.74, 6) is 1.14. The number of halogens is 1. The first-order valence-electron chi connectivity index (χ1n) is 6.90. The van der Waals surface area contributed by atoms with Crippen molar-refractivity contribution in [3.05, 3.63) is 46.5 Å². The van der Waals surface area contributed by atoms with E-state index < -0.39 is 0 Å². The normalized spacial score (nSPS) is 16.1. The van der Waals surface area contributed by atoms with Crippen LogP contribution in [0, 0.1) is 0 Å². The minimum Gasteiger partial charge on any atom is -0.362 e. The minimum atomic E-state index is 0.333. The third-order valence-corrected chi connectivity index (χ3v) is 4.47. The number of fused-ring (bicyclic) bond motifs is 1. The molecule has 4 nitrogen and oxygen atoms in total. The fraction of sp³-hybridized carbons (Fsp3) is 0.400. The second kappa shape index (κ2) is 5.58. The van der Waals surface area contributed by atoms with E-state index in [0.717, 1.165) is 29.9 Å². The number of nitrogens with zero attached hydrogens (tertiary/aromatic N) is 3. The molecule has 0 bridgehead atoms. The first-order chi connectivity index (χ1) is 9.69. The van der Waals surface area contributed by atoms with Gasteiger partial charge in [0.1, 0.15) is 5.82 Å². The SMILES string of the molecule is CNC(C)c1ccc(Br)cc1N1CCn2ccnc2C1. The molecular formula is C15H19BrN4. The molecule has 1 atom stereocenters. The average molecular weight is 335 g/mol. The van der Waals surface area contributed by atoms with Crippen molar-refractivity contribution in [1.29, 1.82) is 0 Å². The lowest BCUT2D eigenvalue weighted by Crippen LogP contribution is -2.34. The standard InChI is InChI=1S/C15H19BrN4/c1-11(17-2)13-4-3-12(16)9-14(13)20-8-7-19-6-5-18-15(19)10-20/h3-6,9,11,17H,7-8,10H2,1-2H3. The van der Waals surface area contributed by atoms with Crippen molar-refractivity contribution in [2.75, 3.05) is 18.5 Å². The molecule has 1 aromatic heterocycles. The van der Waals surface area contributed by atoms with Crippen LogP contribution in [0.4, 0.5) is 5.69 Å². The molecule has 1 aliphatic heterocycles. The highest BCUT2D eigenvalue weighted by Gasteiger charge is 2.20. The van der Waals surface area contributed by atoms with Gasteiger partial charge in [-0.1, -0.05) is 22.0 Å². The Morgan fingerprint density at radius 1 is 1.35 bits per heavy atom. The number of anilines is 1. The minimum absolute atomic E-state index is 0.333. The molecule has 1 aliphatic rings. The summed E-state index contributed by atoms with van der Waals surface area (Å²) in [5, 5.41) is 3.33. The first kappa shape index (κ1) is 13.6. The largest absolute Gasteiger partial charge is 0.362 e. The summed E-state index contributed by atoms with van der Waals surface area (Å²) in [7, 11) is 2.00. The van der Waals surface area contributed by atoms with Crippen LogP contribution in [0.2, 0.25) is 0 Å². The van der Waals surface area contributed by atoms with Crippen molar-refractivity contribution in [1.82, 2.24) is 14.9 Å². The number of imidazole rings is 1. The van der Waals surface area contributed by atoms with Crippen molar-refractivity contribution < 1.29 is 0 Å². The van der Waals surface area contributed by atoms with E-state index in [1.165, 1.54) is 11.3 Å². The molecule has 5 heteroatoms. The molecule has 1 aromatic carbocycles. The summed E-state index contributed by atoms with van der Waals surface area (Å²) in [4.78, 5) is 6.86. The van der Waals surface area contributed by atoms with Gasteiger partial charge in [0.25, 0.3) is 0 Å². The lowest BCUT2D eigenvalue weighted by Gasteiger charge is -2.32. The third kappa shape index (κ3) is 2.47. The molecule has 3 rings (SSSR count). The van der Waals surface area contributed by atoms with Gasteiger partial charge in [-0.2, -0.15) is 0 Å². The van der Waals surface area contributed by atoms with Crippen LogP contribution in [0.15, 0.2) is 35.1 Å². The molecule has 0 amide bonds. The van der Waals surface area contributed by atoms with Crippen molar-refractivity contribution in [3.63, 3.8) is 0 Å². The highest BCUT2D eigenvalue weighted by molar-refractivity contribution is 9.10. The van der Waals surface area contributed by atoms with Crippen LogP contribution in [0.3, 0.4) is 0 Å². The molecule has 0 radical (unpaired) electrons. The number of rotatable bonds is 3. The Labute approximate surface area is 127 Å². The average Bonchev–Trinajstić information content (AvgIpc) is 2.93. The lowest BCUT2D eigenvalue weighted by atomic mass is 10.0. The molecule has 1 unspecified atom stereocenters. The summed E-state index contributed by atoms with van der Waals surface area (Å²) < 4.78 is 3.35. The first-order valence-corrected chi connectivity index (χ1v) is 7.70. The summed E-state index contributed by atoms with van der Waals surface area (Å²) >= 11 is 3.59. The van der Waals surface area contributed by atoms with E-state index in [2.05, 4.69) is 67.0 Å². The number of hydrogen-bond donors (Lipinski definition) is 1. The summed E-state index contributed by atoms with van der Waals surface area (Å²) in [6.45, 7) is 5.07. The van der Waals surface area contributed by atoms with Crippen LogP contribution in [0.1, 0.15) is 24.4 Å². The maximum atomic E-state index is 4.44. The van der Waals surface area contributed by atoms with Crippen LogP contribution in [-0.2, 0) is 13.1 Å². The van der Waals surface area contributed by atoms with E-state index in [1.807, 2.05) is 13.2 Å². The quantitative estimate of drug-likeness (QED) is 0.936. The van der Waals surface area contributed by atoms with Gasteiger partial charge < -0.3 is 14.8 Å². The zero-order valence-electron chi connectivity index (χ0n) is 11.8. The molecule has 0 spiro atoms. The Kier molecular flexibility index (Phi) is 3.81. The fourth-order valence-electron chi connectivity index (χ4n) is 2.69. The van der Waals surface area contributed by atoms with Gasteiger partial charge in [-0.3, -0.25) is 0 Å². The molecule has 20 heavy (non-hydrogen) atoms. The van der Waals surface area contributed by atoms with Gasteiger partial charge in [-0.05, 0) is 31.7 Å². The number of nitrogens with one attached hydrogen (secondary N) is 1. The van der Waals surface area contributed by atoms with Crippen molar-refractivity contribution in [3.8, 4) is 0 Å². The summed E-state index contributed by atoms with van der Waals surface area (Å²) in [6, 6.07) is 6.85. The van der Waals surface area contributed by atoms with Crippen molar-refractivity contribution >= 4 is 21.6 Å². The van der Waals surface area contributed by atoms with Gasteiger partial charge in [-0.15, -0.1) is 0 Å². The molecular weight excluding hydrogens is 316 g/mol. The fourth-order valence-corrected chi connectivity index (χ4v) is 3.04. The van der Waals surface area contributed by atoms with Crippen LogP contribution in [-0.4, -0.2) is 23.1 Å². The van der Waals surface area contributed by atoms with Crippen LogP contribution >= 0.6 is 15.9 Å². The van der Waals surface area contributed by atoms with E-state index in [0.29, 0.717) is 6.04 Å². The smallest absolute Gasteiger partial charge is 0.128 e. The van der Waals surface area contributed by atoms with Crippen LogP contribution in [0.5, 0.6) is 0 Å². The summed E-state index contributed by atoms with van der Waals surface area (Å²) in [5.41, 5.74) is 2.62. The van der Waals surface area contributed by atoms with E-state index in [-0.39, 0.29) is 0 Å². The van der Waals surface area contributed by atoms with Crippen LogP contribution in [0.25, 0.3) is 0 Å². The zero-order chi connectivity index (χ0) is 14.1. The van der Waals surface area contributed by atoms with Gasteiger partial charge in [0.2, 0.25) is 0 Å². The van der Waals surface area contributed by atoms with Crippen molar-refractivity contribution in [2.24, 2.45) is 0 Å². The maximum absolute atomic E-state index is 4.44. The predicted octanol–water partition coefficient (Wildman–Crippen LogP) is 2.95. The molecule has 2 heterocycles. The molecule has 106 valence electrons. The summed E-state index contributed by atoms with van der Waals surface area (Å²) in [6.07, 6.45) is 3.95. The Balaban J connectivity index is 1.96. The monoisotopic (exact) mass is 334 g/mol. The molecule has 0 fully saturated rings. The Hall–Kier alpha value is -1.33. The number of aromatic nitrogens is 2. The van der Waals surface area contributed by atoms with E-state index >= 15 is 0 Å². The molecule has 0 saturated heterocycles. The third-order valence-electron chi connectivity index (χ3n) is 3.98. The lowest BCUT2D eigenvalue weighted by molar-refractivity contribution is 0.554. The Morgan fingerprint density at radius 3 is 3.00 bits per heavy atom. The zero-order valence-corrected chi connectivity index (χ0v) is 13.4. The maximum Gasteiger partial charge on any atom is 0.128 e. The molecule has 0 saturated carbocycles. The predicted molar refractivity (Wildman–Crippen MR) is 84.9 cm³/mol.